The van der Waals surface area contributed by atoms with Gasteiger partial charge in [-0.05, 0) is 104 Å². The summed E-state index contributed by atoms with van der Waals surface area (Å²) in [5, 5.41) is 0.625. The number of carbonyl (C=O) groups excluding carboxylic acids is 2. The van der Waals surface area contributed by atoms with Crippen molar-refractivity contribution >= 4 is 22.9 Å². The number of benzene rings is 4. The number of hydrogen-bond acceptors (Lipinski definition) is 8. The molecule has 0 saturated heterocycles. The lowest BCUT2D eigenvalue weighted by molar-refractivity contribution is -0.190. The smallest absolute Gasteiger partial charge is 0.339 e. The normalized spacial score (nSPS) is 24.3. The van der Waals surface area contributed by atoms with Crippen molar-refractivity contribution < 1.29 is 33.0 Å². The topological polar surface area (TPSA) is 101 Å². The van der Waals surface area contributed by atoms with Crippen LogP contribution in [0, 0.1) is 17.8 Å². The van der Waals surface area contributed by atoms with Gasteiger partial charge in [0, 0.05) is 54.7 Å². The summed E-state index contributed by atoms with van der Waals surface area (Å²) in [6.45, 7) is 6.01. The predicted molar refractivity (Wildman–Crippen MR) is 238 cm³/mol. The van der Waals surface area contributed by atoms with Gasteiger partial charge in [-0.3, -0.25) is 4.79 Å². The van der Waals surface area contributed by atoms with Crippen LogP contribution in [0.25, 0.3) is 11.0 Å². The molecule has 0 amide bonds. The Morgan fingerprint density at radius 1 is 0.871 bits per heavy atom. The highest BCUT2D eigenvalue weighted by Crippen LogP contribution is 2.49. The number of rotatable bonds is 6. The first-order valence-electron chi connectivity index (χ1n) is 21.8. The molecule has 0 unspecified atom stereocenters. The van der Waals surface area contributed by atoms with E-state index in [0.29, 0.717) is 66.5 Å². The largest absolute Gasteiger partial charge is 0.482 e. The van der Waals surface area contributed by atoms with Gasteiger partial charge >= 0.3 is 17.6 Å². The summed E-state index contributed by atoms with van der Waals surface area (Å²) in [6.07, 6.45) is 6.05. The molecule has 4 aromatic carbocycles. The number of methoxy groups -OCH3 is 1. The lowest BCUT2D eigenvalue weighted by Crippen LogP contribution is -2.54. The molecular weight excluding hydrogens is 777 g/mol. The fourth-order valence-corrected chi connectivity index (χ4v) is 9.85. The molecule has 9 rings (SSSR count). The first-order chi connectivity index (χ1) is 30.1. The Bertz CT molecular complexity index is 2730. The Kier molecular flexibility index (Phi) is 11.5. The minimum Gasteiger partial charge on any atom is -0.482 e. The van der Waals surface area contributed by atoms with Crippen molar-refractivity contribution in [3.8, 4) is 17.6 Å². The Morgan fingerprint density at radius 3 is 2.53 bits per heavy atom. The molecule has 0 N–H and O–H groups in total. The molecule has 62 heavy (non-hydrogen) atoms. The van der Waals surface area contributed by atoms with Crippen LogP contribution in [0.3, 0.4) is 0 Å². The Labute approximate surface area is 362 Å². The van der Waals surface area contributed by atoms with Crippen molar-refractivity contribution in [2.45, 2.75) is 102 Å². The highest BCUT2D eigenvalue weighted by Gasteiger charge is 2.53. The van der Waals surface area contributed by atoms with E-state index >= 15 is 0 Å². The van der Waals surface area contributed by atoms with E-state index in [4.69, 9.17) is 23.4 Å². The van der Waals surface area contributed by atoms with E-state index < -0.39 is 35.4 Å². The highest BCUT2D eigenvalue weighted by molar-refractivity contribution is 5.90. The van der Waals surface area contributed by atoms with Crippen LogP contribution in [0.1, 0.15) is 109 Å². The summed E-state index contributed by atoms with van der Waals surface area (Å²) in [4.78, 5) is 42.9. The standard InChI is InChI=1S/C54H52O8/c1-33(2)43-20-16-35-17-21-44-39(28-35)14-8-9-25-54(3)51(61-53(43)57)50(48-46(62-54)23-19-40-31-41(24-26-58-4)52(56)60-49(40)48)59-47(55)32-42-30-38(18-22-45(42)44)37-15-10-13-36(29-37)27-34-11-6-5-7-12-34/h5-7,10-13,15,17-19,21-23,28-29,31,38,42,45,50-51H,14,16,20,24-27,30,32H2,1-4H3/t38-,42+,45-,50-,51+,54-/m1/s1. The first kappa shape index (κ1) is 41.2. The quantitative estimate of drug-likeness (QED) is 0.0549. The monoisotopic (exact) mass is 828 g/mol. The van der Waals surface area contributed by atoms with E-state index in [-0.39, 0.29) is 36.2 Å². The zero-order valence-corrected chi connectivity index (χ0v) is 35.8. The second-order valence-corrected chi connectivity index (χ2v) is 17.7. The summed E-state index contributed by atoms with van der Waals surface area (Å²) < 4.78 is 31.4. The summed E-state index contributed by atoms with van der Waals surface area (Å²) in [5.74, 6) is 6.12. The third-order valence-electron chi connectivity index (χ3n) is 13.1. The molecule has 0 spiro atoms. The third kappa shape index (κ3) is 8.26. The molecule has 1 aliphatic carbocycles. The van der Waals surface area contributed by atoms with Gasteiger partial charge in [0.25, 0.3) is 0 Å². The molecule has 1 aromatic heterocycles. The lowest BCUT2D eigenvalue weighted by atomic mass is 9.71. The van der Waals surface area contributed by atoms with Crippen LogP contribution < -0.4 is 10.4 Å². The van der Waals surface area contributed by atoms with Crippen LogP contribution in [0.15, 0.2) is 124 Å². The molecule has 5 aromatic rings. The fourth-order valence-electron chi connectivity index (χ4n) is 9.85. The van der Waals surface area contributed by atoms with Crippen molar-refractivity contribution in [3.63, 3.8) is 0 Å². The zero-order valence-electron chi connectivity index (χ0n) is 35.8. The highest BCUT2D eigenvalue weighted by atomic mass is 16.6. The minimum atomic E-state index is -1.25. The van der Waals surface area contributed by atoms with Crippen molar-refractivity contribution in [2.75, 3.05) is 13.7 Å². The van der Waals surface area contributed by atoms with Gasteiger partial charge in [0.05, 0.1) is 18.6 Å². The maximum absolute atomic E-state index is 14.9. The van der Waals surface area contributed by atoms with E-state index in [1.54, 1.807) is 13.2 Å². The van der Waals surface area contributed by atoms with Crippen LogP contribution in [0.4, 0.5) is 0 Å². The van der Waals surface area contributed by atoms with Gasteiger partial charge in [-0.2, -0.15) is 0 Å². The van der Waals surface area contributed by atoms with Crippen molar-refractivity contribution in [2.24, 2.45) is 5.92 Å². The molecule has 316 valence electrons. The third-order valence-corrected chi connectivity index (χ3v) is 13.1. The molecule has 6 atom stereocenters. The average Bonchev–Trinajstić information content (AvgIpc) is 3.25. The second kappa shape index (κ2) is 17.3. The van der Waals surface area contributed by atoms with Gasteiger partial charge in [0.15, 0.2) is 17.8 Å². The minimum absolute atomic E-state index is 0.0700. The molecule has 4 aliphatic rings. The summed E-state index contributed by atoms with van der Waals surface area (Å²) in [5.41, 5.74) is 7.69. The molecule has 0 radical (unpaired) electrons. The van der Waals surface area contributed by atoms with Crippen LogP contribution >= 0.6 is 0 Å². The molecule has 8 heteroatoms. The number of fused-ring (bicyclic) bond motifs is 9. The van der Waals surface area contributed by atoms with Gasteiger partial charge < -0.3 is 23.4 Å². The summed E-state index contributed by atoms with van der Waals surface area (Å²) >= 11 is 0. The molecule has 4 heterocycles. The Morgan fingerprint density at radius 2 is 1.71 bits per heavy atom. The van der Waals surface area contributed by atoms with E-state index in [1.165, 1.54) is 16.7 Å². The lowest BCUT2D eigenvalue weighted by Gasteiger charge is -2.44. The molecule has 0 fully saturated rings. The van der Waals surface area contributed by atoms with Gasteiger partial charge in [0.1, 0.15) is 11.3 Å². The molecule has 0 saturated carbocycles. The van der Waals surface area contributed by atoms with Crippen LogP contribution in [0.5, 0.6) is 5.75 Å². The second-order valence-electron chi connectivity index (χ2n) is 17.7. The van der Waals surface area contributed by atoms with Crippen molar-refractivity contribution in [3.05, 3.63) is 169 Å². The SMILES string of the molecule is COCCc1cc2ccc3c(c2oc1=O)[C@H]1OC(=O)C[C@@H]2C[C@H](c4cccc(Cc5ccccc5)c4)C=C[C@H]2c2ccc4cc2CC#CC[C@@](C)(O3)[C@H]1OC(=O)C(=C(C)C)CC4. The maximum atomic E-state index is 14.9. The Hall–Kier alpha value is -6.17. The number of hydrogen-bond donors (Lipinski definition) is 0. The number of allylic oxidation sites excluding steroid dienone is 3. The van der Waals surface area contributed by atoms with E-state index in [9.17, 15) is 14.4 Å². The number of aryl methyl sites for hydroxylation is 1. The predicted octanol–water partition coefficient (Wildman–Crippen LogP) is 9.99. The van der Waals surface area contributed by atoms with E-state index in [1.807, 2.05) is 39.0 Å². The molecule has 8 nitrogen and oxygen atoms in total. The van der Waals surface area contributed by atoms with Crippen LogP contribution in [-0.2, 0) is 49.5 Å². The van der Waals surface area contributed by atoms with Gasteiger partial charge in [-0.1, -0.05) is 102 Å². The number of esters is 2. The molecule has 5 bridgehead atoms. The molecule has 3 aliphatic heterocycles. The Balaban J connectivity index is 1.18. The first-order valence-corrected chi connectivity index (χ1v) is 21.8. The maximum Gasteiger partial charge on any atom is 0.339 e. The van der Waals surface area contributed by atoms with Crippen molar-refractivity contribution in [1.82, 2.24) is 0 Å². The van der Waals surface area contributed by atoms with E-state index in [2.05, 4.69) is 90.7 Å². The van der Waals surface area contributed by atoms with E-state index in [0.717, 1.165) is 28.7 Å². The fraction of sp³-hybridized carbons (Fsp3) is 0.352. The van der Waals surface area contributed by atoms with Gasteiger partial charge in [-0.25, -0.2) is 9.59 Å². The van der Waals surface area contributed by atoms with Crippen LogP contribution in [-0.4, -0.2) is 37.4 Å². The number of carbonyl (C=O) groups is 2. The summed E-state index contributed by atoms with van der Waals surface area (Å²) in [6, 6.07) is 31.2. The van der Waals surface area contributed by atoms with Crippen LogP contribution in [0.2, 0.25) is 0 Å². The number of ether oxygens (including phenoxy) is 4. The van der Waals surface area contributed by atoms with Gasteiger partial charge in [-0.15, -0.1) is 0 Å². The average molecular weight is 829 g/mol. The molecular formula is C54H52O8. The van der Waals surface area contributed by atoms with Gasteiger partial charge in [0.2, 0.25) is 0 Å². The summed E-state index contributed by atoms with van der Waals surface area (Å²) in [7, 11) is 1.58. The van der Waals surface area contributed by atoms with Crippen molar-refractivity contribution in [1.29, 1.82) is 0 Å². The zero-order chi connectivity index (χ0) is 43.0.